The van der Waals surface area contributed by atoms with Crippen molar-refractivity contribution in [1.29, 1.82) is 0 Å². The summed E-state index contributed by atoms with van der Waals surface area (Å²) in [5.41, 5.74) is 1.27. The summed E-state index contributed by atoms with van der Waals surface area (Å²) in [6, 6.07) is 8.80. The largest absolute Gasteiger partial charge is 0.310 e. The molecule has 0 saturated heterocycles. The fourth-order valence-corrected chi connectivity index (χ4v) is 1.82. The van der Waals surface area contributed by atoms with E-state index in [1.165, 1.54) is 5.56 Å². The molecule has 0 aliphatic rings. The van der Waals surface area contributed by atoms with Gasteiger partial charge in [-0.2, -0.15) is 0 Å². The van der Waals surface area contributed by atoms with E-state index in [0.29, 0.717) is 11.8 Å². The molecule has 0 spiro atoms. The van der Waals surface area contributed by atoms with Gasteiger partial charge in [-0.25, -0.2) is 0 Å². The van der Waals surface area contributed by atoms with E-state index >= 15 is 0 Å². The minimum absolute atomic E-state index is 0.263. The number of hydrogen-bond acceptors (Lipinski definition) is 2. The minimum Gasteiger partial charge on any atom is -0.310 e. The predicted octanol–water partition coefficient (Wildman–Crippen LogP) is 3.25. The zero-order chi connectivity index (χ0) is 11.1. The molecule has 0 aliphatic carbocycles. The van der Waals surface area contributed by atoms with Crippen molar-refractivity contribution >= 4 is 11.8 Å². The molecule has 0 saturated carbocycles. The molecule has 0 heterocycles. The summed E-state index contributed by atoms with van der Waals surface area (Å²) < 4.78 is 11.9. The Hall–Kier alpha value is -0.540. The molecule has 3 heteroatoms. The number of nitrogens with one attached hydrogen (secondary N) is 1. The lowest BCUT2D eigenvalue weighted by Crippen LogP contribution is -2.21. The number of thioether (sulfide) groups is 1. The van der Waals surface area contributed by atoms with Gasteiger partial charge < -0.3 is 5.32 Å². The van der Waals surface area contributed by atoms with E-state index in [0.717, 1.165) is 11.4 Å². The van der Waals surface area contributed by atoms with Gasteiger partial charge in [0.25, 0.3) is 0 Å². The lowest BCUT2D eigenvalue weighted by atomic mass is 10.2. The van der Waals surface area contributed by atoms with Crippen LogP contribution in [-0.4, -0.2) is 18.5 Å². The fourth-order valence-electron chi connectivity index (χ4n) is 1.18. The summed E-state index contributed by atoms with van der Waals surface area (Å²) in [5.74, 6) is 0.545. The monoisotopic (exact) mass is 227 g/mol. The smallest absolute Gasteiger partial charge is 0.0988 e. The van der Waals surface area contributed by atoms with Crippen LogP contribution in [0.15, 0.2) is 29.2 Å². The molecule has 0 aromatic heterocycles. The summed E-state index contributed by atoms with van der Waals surface area (Å²) in [6.07, 6.45) is 0. The first-order valence-corrected chi connectivity index (χ1v) is 6.22. The molecule has 0 aliphatic heterocycles. The molecule has 0 amide bonds. The van der Waals surface area contributed by atoms with E-state index in [9.17, 15) is 4.39 Å². The predicted molar refractivity (Wildman–Crippen MR) is 65.1 cm³/mol. The number of hydrogen-bond donors (Lipinski definition) is 1. The number of rotatable bonds is 6. The van der Waals surface area contributed by atoms with E-state index in [4.69, 9.17) is 0 Å². The highest BCUT2D eigenvalue weighted by Gasteiger charge is 1.97. The SMILES string of the molecule is CC(C)NCc1ccc(SCCF)cc1. The second-order valence-electron chi connectivity index (χ2n) is 3.72. The molecule has 1 aromatic rings. The van der Waals surface area contributed by atoms with Crippen LogP contribution in [0.25, 0.3) is 0 Å². The summed E-state index contributed by atoms with van der Waals surface area (Å²) in [6.45, 7) is 4.89. The third-order valence-electron chi connectivity index (χ3n) is 1.98. The maximum atomic E-state index is 11.9. The Morgan fingerprint density at radius 1 is 1.27 bits per heavy atom. The Kier molecular flexibility index (Phi) is 5.73. The first-order chi connectivity index (χ1) is 7.22. The van der Waals surface area contributed by atoms with Crippen molar-refractivity contribution in [2.45, 2.75) is 31.3 Å². The van der Waals surface area contributed by atoms with Crippen LogP contribution in [0.3, 0.4) is 0 Å². The molecule has 1 N–H and O–H groups in total. The Labute approximate surface area is 95.5 Å². The van der Waals surface area contributed by atoms with Gasteiger partial charge in [0, 0.05) is 23.2 Å². The molecular weight excluding hydrogens is 209 g/mol. The summed E-state index contributed by atoms with van der Waals surface area (Å²) in [5, 5.41) is 3.36. The molecule has 1 rings (SSSR count). The average Bonchev–Trinajstić information content (AvgIpc) is 2.25. The standard InChI is InChI=1S/C12H18FNS/c1-10(2)14-9-11-3-5-12(6-4-11)15-8-7-13/h3-6,10,14H,7-9H2,1-2H3. The Morgan fingerprint density at radius 2 is 1.93 bits per heavy atom. The second kappa shape index (κ2) is 6.85. The van der Waals surface area contributed by atoms with Crippen LogP contribution in [0.2, 0.25) is 0 Å². The van der Waals surface area contributed by atoms with E-state index in [2.05, 4.69) is 43.4 Å². The zero-order valence-corrected chi connectivity index (χ0v) is 10.1. The van der Waals surface area contributed by atoms with Gasteiger partial charge in [-0.3, -0.25) is 4.39 Å². The van der Waals surface area contributed by atoms with Gasteiger partial charge in [-0.15, -0.1) is 11.8 Å². The highest BCUT2D eigenvalue weighted by atomic mass is 32.2. The molecular formula is C12H18FNS. The summed E-state index contributed by atoms with van der Waals surface area (Å²) >= 11 is 1.56. The van der Waals surface area contributed by atoms with Gasteiger partial charge in [-0.1, -0.05) is 26.0 Å². The van der Waals surface area contributed by atoms with Crippen LogP contribution in [-0.2, 0) is 6.54 Å². The molecule has 1 nitrogen and oxygen atoms in total. The van der Waals surface area contributed by atoms with Crippen LogP contribution < -0.4 is 5.32 Å². The number of benzene rings is 1. The first kappa shape index (κ1) is 12.5. The van der Waals surface area contributed by atoms with E-state index in [1.54, 1.807) is 11.8 Å². The van der Waals surface area contributed by atoms with E-state index < -0.39 is 0 Å². The van der Waals surface area contributed by atoms with Gasteiger partial charge in [-0.05, 0) is 17.7 Å². The highest BCUT2D eigenvalue weighted by Crippen LogP contribution is 2.18. The summed E-state index contributed by atoms with van der Waals surface area (Å²) in [4.78, 5) is 1.14. The molecule has 0 bridgehead atoms. The van der Waals surface area contributed by atoms with Crippen LogP contribution >= 0.6 is 11.8 Å². The second-order valence-corrected chi connectivity index (χ2v) is 4.89. The summed E-state index contributed by atoms with van der Waals surface area (Å²) in [7, 11) is 0. The normalized spacial score (nSPS) is 10.9. The van der Waals surface area contributed by atoms with Gasteiger partial charge in [0.05, 0.1) is 6.67 Å². The molecule has 0 unspecified atom stereocenters. The molecule has 1 aromatic carbocycles. The van der Waals surface area contributed by atoms with Crippen LogP contribution in [0.1, 0.15) is 19.4 Å². The molecule has 0 radical (unpaired) electrons. The topological polar surface area (TPSA) is 12.0 Å². The zero-order valence-electron chi connectivity index (χ0n) is 9.29. The third-order valence-corrected chi connectivity index (χ3v) is 2.95. The Morgan fingerprint density at radius 3 is 2.47 bits per heavy atom. The van der Waals surface area contributed by atoms with Crippen molar-refractivity contribution in [3.63, 3.8) is 0 Å². The van der Waals surface area contributed by atoms with Gasteiger partial charge in [0.15, 0.2) is 0 Å². The van der Waals surface area contributed by atoms with E-state index in [1.807, 2.05) is 0 Å². The number of halogens is 1. The maximum Gasteiger partial charge on any atom is 0.0988 e. The number of alkyl halides is 1. The Balaban J connectivity index is 2.41. The van der Waals surface area contributed by atoms with Crippen molar-refractivity contribution in [3.05, 3.63) is 29.8 Å². The van der Waals surface area contributed by atoms with E-state index in [-0.39, 0.29) is 6.67 Å². The van der Waals surface area contributed by atoms with Crippen LogP contribution in [0.5, 0.6) is 0 Å². The molecule has 15 heavy (non-hydrogen) atoms. The van der Waals surface area contributed by atoms with Crippen molar-refractivity contribution in [2.24, 2.45) is 0 Å². The van der Waals surface area contributed by atoms with Gasteiger partial charge in [0.1, 0.15) is 0 Å². The van der Waals surface area contributed by atoms with Gasteiger partial charge in [0.2, 0.25) is 0 Å². The first-order valence-electron chi connectivity index (χ1n) is 5.23. The Bertz CT molecular complexity index is 271. The third kappa shape index (κ3) is 5.19. The van der Waals surface area contributed by atoms with Crippen LogP contribution in [0, 0.1) is 0 Å². The van der Waals surface area contributed by atoms with Crippen LogP contribution in [0.4, 0.5) is 4.39 Å². The lowest BCUT2D eigenvalue weighted by molar-refractivity contribution is 0.533. The minimum atomic E-state index is -0.263. The van der Waals surface area contributed by atoms with Crippen molar-refractivity contribution in [1.82, 2.24) is 5.32 Å². The van der Waals surface area contributed by atoms with Crippen molar-refractivity contribution < 1.29 is 4.39 Å². The highest BCUT2D eigenvalue weighted by molar-refractivity contribution is 7.99. The fraction of sp³-hybridized carbons (Fsp3) is 0.500. The molecule has 84 valence electrons. The van der Waals surface area contributed by atoms with Gasteiger partial charge >= 0.3 is 0 Å². The molecule has 0 fully saturated rings. The average molecular weight is 227 g/mol. The quantitative estimate of drug-likeness (QED) is 0.749. The van der Waals surface area contributed by atoms with Crippen molar-refractivity contribution in [3.8, 4) is 0 Å². The lowest BCUT2D eigenvalue weighted by Gasteiger charge is -2.08. The van der Waals surface area contributed by atoms with Crippen molar-refractivity contribution in [2.75, 3.05) is 12.4 Å². The molecule has 0 atom stereocenters. The maximum absolute atomic E-state index is 11.9.